The van der Waals surface area contributed by atoms with Crippen molar-refractivity contribution in [1.82, 2.24) is 0 Å². The maximum absolute atomic E-state index is 6.73. The summed E-state index contributed by atoms with van der Waals surface area (Å²) in [4.78, 5) is 2.31. The second-order valence-corrected chi connectivity index (χ2v) is 12.5. The third-order valence-corrected chi connectivity index (χ3v) is 9.65. The molecule has 0 N–H and O–H groups in total. The van der Waals surface area contributed by atoms with Crippen molar-refractivity contribution in [2.75, 3.05) is 4.90 Å². The Morgan fingerprint density at radius 3 is 1.94 bits per heavy atom. The summed E-state index contributed by atoms with van der Waals surface area (Å²) >= 11 is 0. The number of hydrogen-bond donors (Lipinski definition) is 0. The topological polar surface area (TPSA) is 25.6 Å². The van der Waals surface area contributed by atoms with Crippen LogP contribution in [0.5, 0.6) is 11.5 Å². The maximum Gasteiger partial charge on any atom is 0.137 e. The Balaban J connectivity index is 1.10. The quantitative estimate of drug-likeness (QED) is 0.190. The Morgan fingerprint density at radius 1 is 0.367 bits per heavy atom. The second-order valence-electron chi connectivity index (χ2n) is 12.5. The largest absolute Gasteiger partial charge is 0.456 e. The molecule has 0 amide bonds. The van der Waals surface area contributed by atoms with E-state index < -0.39 is 0 Å². The first-order valence-electron chi connectivity index (χ1n) is 16.6. The Morgan fingerprint density at radius 2 is 1.06 bits per heavy atom. The highest BCUT2D eigenvalue weighted by molar-refractivity contribution is 6.12. The molecule has 1 aromatic heterocycles. The van der Waals surface area contributed by atoms with Crippen LogP contribution < -0.4 is 9.64 Å². The van der Waals surface area contributed by atoms with E-state index in [-0.39, 0.29) is 0 Å². The lowest BCUT2D eigenvalue weighted by molar-refractivity contribution is 0.487. The molecule has 8 aromatic carbocycles. The molecular weight excluding hydrogens is 599 g/mol. The van der Waals surface area contributed by atoms with Crippen LogP contribution in [0, 0.1) is 0 Å². The van der Waals surface area contributed by atoms with Crippen molar-refractivity contribution in [3.63, 3.8) is 0 Å². The summed E-state index contributed by atoms with van der Waals surface area (Å²) in [6.07, 6.45) is 0. The minimum Gasteiger partial charge on any atom is -0.456 e. The number of para-hydroxylation sites is 2. The lowest BCUT2D eigenvalue weighted by atomic mass is 9.91. The third kappa shape index (κ3) is 4.51. The first-order chi connectivity index (χ1) is 24.3. The van der Waals surface area contributed by atoms with E-state index in [1.54, 1.807) is 0 Å². The van der Waals surface area contributed by atoms with E-state index in [0.29, 0.717) is 0 Å². The van der Waals surface area contributed by atoms with Crippen molar-refractivity contribution in [3.05, 3.63) is 176 Å². The van der Waals surface area contributed by atoms with Gasteiger partial charge in [0.2, 0.25) is 0 Å². The van der Waals surface area contributed by atoms with Gasteiger partial charge >= 0.3 is 0 Å². The van der Waals surface area contributed by atoms with Crippen LogP contribution >= 0.6 is 0 Å². The normalized spacial score (nSPS) is 11.8. The molecule has 10 rings (SSSR count). The molecule has 0 saturated heterocycles. The average Bonchev–Trinajstić information content (AvgIpc) is 3.54. The van der Waals surface area contributed by atoms with Gasteiger partial charge in [0.1, 0.15) is 22.7 Å². The van der Waals surface area contributed by atoms with Crippen LogP contribution in [0.1, 0.15) is 0 Å². The summed E-state index contributed by atoms with van der Waals surface area (Å²) in [6.45, 7) is 0. The van der Waals surface area contributed by atoms with Gasteiger partial charge in [-0.3, -0.25) is 0 Å². The van der Waals surface area contributed by atoms with E-state index in [9.17, 15) is 0 Å². The summed E-state index contributed by atoms with van der Waals surface area (Å²) < 4.78 is 13.1. The summed E-state index contributed by atoms with van der Waals surface area (Å²) in [5.74, 6) is 1.73. The van der Waals surface area contributed by atoms with E-state index in [1.807, 2.05) is 12.1 Å². The van der Waals surface area contributed by atoms with Gasteiger partial charge in [0.25, 0.3) is 0 Å². The lowest BCUT2D eigenvalue weighted by Crippen LogP contribution is -2.11. The van der Waals surface area contributed by atoms with Crippen molar-refractivity contribution in [1.29, 1.82) is 0 Å². The van der Waals surface area contributed by atoms with Gasteiger partial charge in [0.05, 0.1) is 5.69 Å². The highest BCUT2D eigenvalue weighted by Gasteiger charge is 2.25. The number of anilines is 3. The molecule has 0 aliphatic carbocycles. The molecule has 230 valence electrons. The number of benzene rings is 8. The number of rotatable bonds is 5. The molecule has 0 bridgehead atoms. The Hall–Kier alpha value is -6.58. The van der Waals surface area contributed by atoms with Gasteiger partial charge in [0.15, 0.2) is 0 Å². The Kier molecular flexibility index (Phi) is 6.18. The molecule has 1 aliphatic rings. The zero-order valence-electron chi connectivity index (χ0n) is 26.5. The summed E-state index contributed by atoms with van der Waals surface area (Å²) in [6, 6.07) is 61.9. The van der Waals surface area contributed by atoms with Crippen LogP contribution in [0.4, 0.5) is 17.1 Å². The molecule has 2 heterocycles. The number of nitrogens with zero attached hydrogens (tertiary/aromatic N) is 1. The average molecular weight is 628 g/mol. The fourth-order valence-electron chi connectivity index (χ4n) is 7.36. The molecule has 3 nitrogen and oxygen atoms in total. The molecule has 0 spiro atoms. The fraction of sp³-hybridized carbons (Fsp3) is 0. The zero-order chi connectivity index (χ0) is 32.3. The van der Waals surface area contributed by atoms with E-state index in [4.69, 9.17) is 9.15 Å². The predicted molar refractivity (Wildman–Crippen MR) is 202 cm³/mol. The first kappa shape index (κ1) is 27.5. The van der Waals surface area contributed by atoms with Crippen LogP contribution in [-0.4, -0.2) is 0 Å². The van der Waals surface area contributed by atoms with Gasteiger partial charge < -0.3 is 14.1 Å². The number of ether oxygens (including phenoxy) is 1. The highest BCUT2D eigenvalue weighted by atomic mass is 16.5. The van der Waals surface area contributed by atoms with Gasteiger partial charge in [-0.05, 0) is 88.5 Å². The smallest absolute Gasteiger partial charge is 0.137 e. The van der Waals surface area contributed by atoms with Gasteiger partial charge in [0, 0.05) is 44.5 Å². The van der Waals surface area contributed by atoms with E-state index in [0.717, 1.165) is 78.0 Å². The molecule has 0 atom stereocenters. The Labute approximate surface area is 283 Å². The van der Waals surface area contributed by atoms with Gasteiger partial charge in [-0.1, -0.05) is 109 Å². The minimum absolute atomic E-state index is 0.859. The second kappa shape index (κ2) is 11.0. The standard InChI is InChI=1S/C46H29NO2/c1-3-11-30(12-4-1)31-13-9-14-32(27-31)33-21-23-38-39-18-10-19-40-41(25-26-43(46(39)40)49-44(38)28-33)47(34-15-5-2-6-16-34)35-22-24-37-36-17-7-8-20-42(36)48-45(37)29-35/h1-29H. The summed E-state index contributed by atoms with van der Waals surface area (Å²) in [5.41, 5.74) is 11.9. The molecule has 0 saturated carbocycles. The minimum atomic E-state index is 0.859. The molecule has 1 aliphatic heterocycles. The van der Waals surface area contributed by atoms with E-state index in [1.165, 1.54) is 16.7 Å². The van der Waals surface area contributed by atoms with Crippen molar-refractivity contribution in [2.24, 2.45) is 0 Å². The number of furan rings is 1. The predicted octanol–water partition coefficient (Wildman–Crippen LogP) is 13.3. The highest BCUT2D eigenvalue weighted by Crippen LogP contribution is 2.51. The van der Waals surface area contributed by atoms with Crippen LogP contribution in [0.25, 0.3) is 66.1 Å². The number of hydrogen-bond acceptors (Lipinski definition) is 3. The van der Waals surface area contributed by atoms with Gasteiger partial charge in [-0.25, -0.2) is 0 Å². The molecule has 0 fully saturated rings. The Bertz CT molecular complexity index is 2690. The number of fused-ring (bicyclic) bond motifs is 5. The molecule has 3 heteroatoms. The van der Waals surface area contributed by atoms with Crippen molar-refractivity contribution in [2.45, 2.75) is 0 Å². The first-order valence-corrected chi connectivity index (χ1v) is 16.6. The fourth-order valence-corrected chi connectivity index (χ4v) is 7.36. The van der Waals surface area contributed by atoms with Gasteiger partial charge in [-0.2, -0.15) is 0 Å². The van der Waals surface area contributed by atoms with Crippen molar-refractivity contribution >= 4 is 49.8 Å². The van der Waals surface area contributed by atoms with E-state index in [2.05, 4.69) is 169 Å². The summed E-state index contributed by atoms with van der Waals surface area (Å²) in [7, 11) is 0. The maximum atomic E-state index is 6.73. The molecular formula is C46H29NO2. The molecule has 9 aromatic rings. The van der Waals surface area contributed by atoms with Crippen LogP contribution in [0.3, 0.4) is 0 Å². The van der Waals surface area contributed by atoms with Gasteiger partial charge in [-0.15, -0.1) is 0 Å². The molecule has 0 radical (unpaired) electrons. The molecule has 0 unspecified atom stereocenters. The lowest BCUT2D eigenvalue weighted by Gasteiger charge is -2.29. The third-order valence-electron chi connectivity index (χ3n) is 9.65. The van der Waals surface area contributed by atoms with Crippen molar-refractivity contribution in [3.8, 4) is 44.9 Å². The molecule has 49 heavy (non-hydrogen) atoms. The van der Waals surface area contributed by atoms with Crippen LogP contribution in [-0.2, 0) is 0 Å². The van der Waals surface area contributed by atoms with Crippen molar-refractivity contribution < 1.29 is 9.15 Å². The summed E-state index contributed by atoms with van der Waals surface area (Å²) in [5, 5.41) is 4.46. The zero-order valence-corrected chi connectivity index (χ0v) is 26.5. The van der Waals surface area contributed by atoms with E-state index >= 15 is 0 Å². The monoisotopic (exact) mass is 627 g/mol. The SMILES string of the molecule is c1ccc(-c2cccc(-c3ccc4c(c3)Oc3ccc(N(c5ccccc5)c5ccc6c(c5)oc5ccccc56)c5cccc-4c35)c2)cc1. The van der Waals surface area contributed by atoms with Crippen LogP contribution in [0.15, 0.2) is 180 Å². The van der Waals surface area contributed by atoms with Crippen LogP contribution in [0.2, 0.25) is 0 Å².